The highest BCUT2D eigenvalue weighted by atomic mass is 16.5. The van der Waals surface area contributed by atoms with E-state index >= 15 is 0 Å². The Morgan fingerprint density at radius 3 is 2.63 bits per heavy atom. The van der Waals surface area contributed by atoms with E-state index in [0.29, 0.717) is 16.9 Å². The zero-order valence-electron chi connectivity index (χ0n) is 16.7. The van der Waals surface area contributed by atoms with Gasteiger partial charge in [0.1, 0.15) is 5.75 Å². The van der Waals surface area contributed by atoms with Crippen LogP contribution in [0.2, 0.25) is 0 Å². The van der Waals surface area contributed by atoms with Crippen LogP contribution in [0.4, 0.5) is 0 Å². The minimum absolute atomic E-state index is 0.0113. The van der Waals surface area contributed by atoms with Crippen LogP contribution in [-0.4, -0.2) is 48.8 Å². The molecule has 8 nitrogen and oxygen atoms in total. The first-order chi connectivity index (χ1) is 14.4. The molecule has 0 bridgehead atoms. The smallest absolute Gasteiger partial charge is 0.311 e. The van der Waals surface area contributed by atoms with Crippen molar-refractivity contribution in [2.75, 3.05) is 20.3 Å². The number of methoxy groups -OCH3 is 1. The molecule has 0 aromatic heterocycles. The standard InChI is InChI=1S/C22H22N2O6/c1-14-6-3-4-9-18(14)21(27)23-24-12-16(11-20(24)26)22(28)30-13-19(25)15-7-5-8-17(10-15)29-2/h3-10,16H,11-13H2,1-2H3,(H,23,27)/t16-/m1/s1. The van der Waals surface area contributed by atoms with E-state index in [4.69, 9.17) is 9.47 Å². The van der Waals surface area contributed by atoms with Crippen molar-refractivity contribution in [1.82, 2.24) is 10.4 Å². The van der Waals surface area contributed by atoms with E-state index in [9.17, 15) is 19.2 Å². The number of nitrogens with one attached hydrogen (secondary N) is 1. The Labute approximate surface area is 173 Å². The molecule has 0 aliphatic carbocycles. The number of rotatable bonds is 7. The summed E-state index contributed by atoms with van der Waals surface area (Å²) < 4.78 is 10.2. The van der Waals surface area contributed by atoms with Crippen molar-refractivity contribution in [2.45, 2.75) is 13.3 Å². The van der Waals surface area contributed by atoms with Crippen molar-refractivity contribution in [3.63, 3.8) is 0 Å². The van der Waals surface area contributed by atoms with E-state index in [0.717, 1.165) is 10.6 Å². The summed E-state index contributed by atoms with van der Waals surface area (Å²) in [4.78, 5) is 49.1. The molecule has 1 atom stereocenters. The quantitative estimate of drug-likeness (QED) is 0.553. The minimum atomic E-state index is -0.757. The number of hydrogen-bond acceptors (Lipinski definition) is 6. The molecule has 2 aromatic rings. The second-order valence-electron chi connectivity index (χ2n) is 6.92. The van der Waals surface area contributed by atoms with E-state index in [1.54, 1.807) is 49.4 Å². The predicted octanol–water partition coefficient (Wildman–Crippen LogP) is 1.92. The molecule has 1 aliphatic rings. The first kappa shape index (κ1) is 21.0. The average molecular weight is 410 g/mol. The van der Waals surface area contributed by atoms with Gasteiger partial charge in [-0.05, 0) is 30.7 Å². The highest BCUT2D eigenvalue weighted by molar-refractivity contribution is 5.99. The van der Waals surface area contributed by atoms with Gasteiger partial charge in [0.05, 0.1) is 19.6 Å². The van der Waals surface area contributed by atoms with Gasteiger partial charge in [0.15, 0.2) is 12.4 Å². The third kappa shape index (κ3) is 4.83. The number of benzene rings is 2. The summed E-state index contributed by atoms with van der Waals surface area (Å²) in [5.74, 6) is -2.09. The average Bonchev–Trinajstić information content (AvgIpc) is 3.12. The van der Waals surface area contributed by atoms with Crippen LogP contribution < -0.4 is 10.2 Å². The Balaban J connectivity index is 1.54. The van der Waals surface area contributed by atoms with Gasteiger partial charge in [0.2, 0.25) is 5.91 Å². The highest BCUT2D eigenvalue weighted by Crippen LogP contribution is 2.19. The molecule has 8 heteroatoms. The summed E-state index contributed by atoms with van der Waals surface area (Å²) in [5.41, 5.74) is 4.10. The van der Waals surface area contributed by atoms with Crippen molar-refractivity contribution in [1.29, 1.82) is 0 Å². The Hall–Kier alpha value is -3.68. The SMILES string of the molecule is COc1cccc(C(=O)COC(=O)[C@@H]2CC(=O)N(NC(=O)c3ccccc3C)C2)c1. The number of ether oxygens (including phenoxy) is 2. The third-order valence-corrected chi connectivity index (χ3v) is 4.82. The van der Waals surface area contributed by atoms with Crippen molar-refractivity contribution < 1.29 is 28.7 Å². The van der Waals surface area contributed by atoms with Gasteiger partial charge in [-0.1, -0.05) is 30.3 Å². The summed E-state index contributed by atoms with van der Waals surface area (Å²) in [6.07, 6.45) is -0.0970. The summed E-state index contributed by atoms with van der Waals surface area (Å²) in [6.45, 7) is 1.34. The second kappa shape index (κ2) is 9.21. The van der Waals surface area contributed by atoms with Crippen LogP contribution >= 0.6 is 0 Å². The van der Waals surface area contributed by atoms with Crippen LogP contribution in [0.1, 0.15) is 32.7 Å². The molecule has 0 radical (unpaired) electrons. The van der Waals surface area contributed by atoms with Gasteiger partial charge in [-0.15, -0.1) is 0 Å². The number of hydrazine groups is 1. The molecule has 0 unspecified atom stereocenters. The topological polar surface area (TPSA) is 102 Å². The zero-order valence-corrected chi connectivity index (χ0v) is 16.7. The number of Topliss-reactive ketones (excluding diaryl/α,β-unsaturated/α-hetero) is 1. The summed E-state index contributed by atoms with van der Waals surface area (Å²) >= 11 is 0. The fourth-order valence-electron chi connectivity index (χ4n) is 3.12. The second-order valence-corrected chi connectivity index (χ2v) is 6.92. The molecular weight excluding hydrogens is 388 g/mol. The number of carbonyl (C=O) groups is 4. The number of aryl methyl sites for hydroxylation is 1. The molecular formula is C22H22N2O6. The number of amides is 2. The molecule has 1 fully saturated rings. The fourth-order valence-corrected chi connectivity index (χ4v) is 3.12. The lowest BCUT2D eigenvalue weighted by Gasteiger charge is -2.18. The van der Waals surface area contributed by atoms with Crippen LogP contribution in [0.3, 0.4) is 0 Å². The normalized spacial score (nSPS) is 15.6. The van der Waals surface area contributed by atoms with Crippen molar-refractivity contribution >= 4 is 23.6 Å². The Kier molecular flexibility index (Phi) is 6.46. The first-order valence-corrected chi connectivity index (χ1v) is 9.40. The number of hydrogen-bond donors (Lipinski definition) is 1. The Morgan fingerprint density at radius 2 is 1.90 bits per heavy atom. The highest BCUT2D eigenvalue weighted by Gasteiger charge is 2.36. The molecule has 1 heterocycles. The molecule has 30 heavy (non-hydrogen) atoms. The Bertz CT molecular complexity index is 987. The van der Waals surface area contributed by atoms with Gasteiger partial charge in [-0.2, -0.15) is 0 Å². The predicted molar refractivity (Wildman–Crippen MR) is 107 cm³/mol. The van der Waals surface area contributed by atoms with E-state index in [1.807, 2.05) is 6.07 Å². The molecule has 1 saturated heterocycles. The van der Waals surface area contributed by atoms with Crippen LogP contribution in [0.15, 0.2) is 48.5 Å². The van der Waals surface area contributed by atoms with Gasteiger partial charge in [0.25, 0.3) is 5.91 Å². The van der Waals surface area contributed by atoms with Crippen LogP contribution in [0, 0.1) is 12.8 Å². The number of carbonyl (C=O) groups excluding carboxylic acids is 4. The lowest BCUT2D eigenvalue weighted by Crippen LogP contribution is -2.43. The molecule has 2 amide bonds. The van der Waals surface area contributed by atoms with E-state index < -0.39 is 30.3 Å². The maximum absolute atomic E-state index is 12.4. The van der Waals surface area contributed by atoms with Gasteiger partial charge in [-0.3, -0.25) is 29.6 Å². The lowest BCUT2D eigenvalue weighted by atomic mass is 10.1. The Morgan fingerprint density at radius 1 is 1.13 bits per heavy atom. The largest absolute Gasteiger partial charge is 0.497 e. The van der Waals surface area contributed by atoms with Crippen LogP contribution in [0.25, 0.3) is 0 Å². The van der Waals surface area contributed by atoms with Crippen LogP contribution in [0.5, 0.6) is 5.75 Å². The maximum atomic E-state index is 12.4. The molecule has 3 rings (SSSR count). The number of ketones is 1. The zero-order chi connectivity index (χ0) is 21.7. The molecule has 0 saturated carbocycles. The van der Waals surface area contributed by atoms with Crippen LogP contribution in [-0.2, 0) is 14.3 Å². The van der Waals surface area contributed by atoms with E-state index in [2.05, 4.69) is 5.43 Å². The summed E-state index contributed by atoms with van der Waals surface area (Å²) in [5, 5.41) is 1.12. The summed E-state index contributed by atoms with van der Waals surface area (Å²) in [6, 6.07) is 13.5. The molecule has 1 N–H and O–H groups in total. The monoisotopic (exact) mass is 410 g/mol. The van der Waals surface area contributed by atoms with E-state index in [-0.39, 0.29) is 18.7 Å². The first-order valence-electron chi connectivity index (χ1n) is 9.40. The van der Waals surface area contributed by atoms with Gasteiger partial charge < -0.3 is 9.47 Å². The van der Waals surface area contributed by atoms with Crippen molar-refractivity contribution in [2.24, 2.45) is 5.92 Å². The maximum Gasteiger partial charge on any atom is 0.311 e. The van der Waals surface area contributed by atoms with Gasteiger partial charge >= 0.3 is 5.97 Å². The minimum Gasteiger partial charge on any atom is -0.497 e. The molecule has 156 valence electrons. The lowest BCUT2D eigenvalue weighted by molar-refractivity contribution is -0.147. The molecule has 1 aliphatic heterocycles. The van der Waals surface area contributed by atoms with Gasteiger partial charge in [0, 0.05) is 17.5 Å². The van der Waals surface area contributed by atoms with Gasteiger partial charge in [-0.25, -0.2) is 0 Å². The molecule has 2 aromatic carbocycles. The third-order valence-electron chi connectivity index (χ3n) is 4.82. The van der Waals surface area contributed by atoms with Crippen molar-refractivity contribution in [3.05, 3.63) is 65.2 Å². The summed E-state index contributed by atoms with van der Waals surface area (Å²) in [7, 11) is 1.49. The molecule has 0 spiro atoms. The number of esters is 1. The van der Waals surface area contributed by atoms with Crippen molar-refractivity contribution in [3.8, 4) is 5.75 Å². The fraction of sp³-hybridized carbons (Fsp3) is 0.273. The van der Waals surface area contributed by atoms with E-state index in [1.165, 1.54) is 7.11 Å². The number of nitrogens with zero attached hydrogens (tertiary/aromatic N) is 1.